The third-order valence-electron chi connectivity index (χ3n) is 3.03. The molecule has 0 fully saturated rings. The lowest BCUT2D eigenvalue weighted by Gasteiger charge is -2.16. The maximum Gasteiger partial charge on any atom is 0.132 e. The van der Waals surface area contributed by atoms with Crippen LogP contribution in [-0.4, -0.2) is 23.2 Å². The first-order valence-corrected chi connectivity index (χ1v) is 6.30. The van der Waals surface area contributed by atoms with Gasteiger partial charge in [0.1, 0.15) is 6.67 Å². The van der Waals surface area contributed by atoms with E-state index in [1.807, 2.05) is 64.9 Å². The monoisotopic (exact) mass is 253 g/mol. The van der Waals surface area contributed by atoms with E-state index in [1.165, 1.54) is 5.56 Å². The van der Waals surface area contributed by atoms with Crippen molar-refractivity contribution in [1.82, 2.24) is 9.99 Å². The van der Waals surface area contributed by atoms with Gasteiger partial charge in [-0.3, -0.25) is 9.99 Å². The normalized spacial score (nSPS) is 14.1. The molecule has 2 heterocycles. The van der Waals surface area contributed by atoms with Gasteiger partial charge in [-0.1, -0.05) is 23.4 Å². The number of para-hydroxylation sites is 1. The van der Waals surface area contributed by atoms with E-state index in [4.69, 9.17) is 0 Å². The summed E-state index contributed by atoms with van der Waals surface area (Å²) in [5, 5.41) is 12.2. The van der Waals surface area contributed by atoms with Crippen LogP contribution in [0.25, 0.3) is 0 Å². The fourth-order valence-corrected chi connectivity index (χ4v) is 1.97. The number of benzene rings is 1. The van der Waals surface area contributed by atoms with Gasteiger partial charge in [-0.05, 0) is 41.5 Å². The Morgan fingerprint density at radius 2 is 1.74 bits per heavy atom. The molecule has 3 rings (SSSR count). The van der Waals surface area contributed by atoms with Crippen molar-refractivity contribution in [3.63, 3.8) is 0 Å². The summed E-state index contributed by atoms with van der Waals surface area (Å²) in [7, 11) is 0. The van der Waals surface area contributed by atoms with Crippen molar-refractivity contribution in [3.05, 3.63) is 60.4 Å². The number of rotatable bonds is 4. The van der Waals surface area contributed by atoms with E-state index in [1.54, 1.807) is 0 Å². The SMILES string of the molecule is c1ccc(N2CN(CCc3ccncc3)N=N2)cc1. The van der Waals surface area contributed by atoms with Crippen LogP contribution in [0.1, 0.15) is 5.56 Å². The zero-order chi connectivity index (χ0) is 12.9. The van der Waals surface area contributed by atoms with Crippen LogP contribution in [0, 0.1) is 0 Å². The second-order valence-corrected chi connectivity index (χ2v) is 4.39. The molecule has 5 heteroatoms. The van der Waals surface area contributed by atoms with Crippen LogP contribution in [0.5, 0.6) is 0 Å². The van der Waals surface area contributed by atoms with Crippen molar-refractivity contribution in [2.75, 3.05) is 18.2 Å². The van der Waals surface area contributed by atoms with Gasteiger partial charge in [-0.25, -0.2) is 5.01 Å². The molecule has 1 aromatic carbocycles. The highest BCUT2D eigenvalue weighted by Crippen LogP contribution is 2.19. The quantitative estimate of drug-likeness (QED) is 0.841. The summed E-state index contributed by atoms with van der Waals surface area (Å²) in [5.41, 5.74) is 2.33. The Morgan fingerprint density at radius 1 is 0.947 bits per heavy atom. The Balaban J connectivity index is 1.54. The van der Waals surface area contributed by atoms with E-state index in [2.05, 4.69) is 15.4 Å². The van der Waals surface area contributed by atoms with E-state index in [-0.39, 0.29) is 0 Å². The molecular formula is C14H15N5. The smallest absolute Gasteiger partial charge is 0.132 e. The van der Waals surface area contributed by atoms with Gasteiger partial charge >= 0.3 is 0 Å². The highest BCUT2D eigenvalue weighted by Gasteiger charge is 2.16. The highest BCUT2D eigenvalue weighted by molar-refractivity contribution is 5.44. The molecule has 0 unspecified atom stereocenters. The van der Waals surface area contributed by atoms with Crippen LogP contribution in [-0.2, 0) is 6.42 Å². The molecule has 0 radical (unpaired) electrons. The zero-order valence-corrected chi connectivity index (χ0v) is 10.6. The van der Waals surface area contributed by atoms with Gasteiger partial charge in [0, 0.05) is 18.9 Å². The highest BCUT2D eigenvalue weighted by atomic mass is 15.8. The van der Waals surface area contributed by atoms with Crippen molar-refractivity contribution >= 4 is 5.69 Å². The molecule has 0 saturated heterocycles. The summed E-state index contributed by atoms with van der Waals surface area (Å²) in [4.78, 5) is 4.01. The Bertz CT molecular complexity index is 540. The third-order valence-corrected chi connectivity index (χ3v) is 3.03. The third kappa shape index (κ3) is 2.88. The predicted molar refractivity (Wildman–Crippen MR) is 73.3 cm³/mol. The van der Waals surface area contributed by atoms with E-state index < -0.39 is 0 Å². The number of aromatic nitrogens is 1. The molecule has 0 N–H and O–H groups in total. The lowest BCUT2D eigenvalue weighted by Crippen LogP contribution is -2.26. The standard InChI is InChI=1S/C14H15N5/c1-2-4-14(5-3-1)19-12-18(16-17-19)11-8-13-6-9-15-10-7-13/h1-7,9-10H,8,11-12H2. The fraction of sp³-hybridized carbons (Fsp3) is 0.214. The molecule has 5 nitrogen and oxygen atoms in total. The number of anilines is 1. The summed E-state index contributed by atoms with van der Waals surface area (Å²) in [6, 6.07) is 14.1. The number of hydrogen-bond acceptors (Lipinski definition) is 5. The second-order valence-electron chi connectivity index (χ2n) is 4.39. The van der Waals surface area contributed by atoms with Crippen LogP contribution in [0.15, 0.2) is 65.3 Å². The van der Waals surface area contributed by atoms with Crippen LogP contribution in [0.2, 0.25) is 0 Å². The van der Waals surface area contributed by atoms with Crippen LogP contribution < -0.4 is 5.01 Å². The molecule has 1 aromatic heterocycles. The summed E-state index contributed by atoms with van der Waals surface area (Å²) < 4.78 is 0. The Kier molecular flexibility index (Phi) is 3.36. The van der Waals surface area contributed by atoms with E-state index in [0.717, 1.165) is 18.7 Å². The number of nitrogens with zero attached hydrogens (tertiary/aromatic N) is 5. The molecule has 0 aliphatic carbocycles. The molecule has 0 bridgehead atoms. The second kappa shape index (κ2) is 5.48. The minimum atomic E-state index is 0.703. The van der Waals surface area contributed by atoms with Gasteiger partial charge < -0.3 is 0 Å². The first kappa shape index (κ1) is 11.6. The van der Waals surface area contributed by atoms with E-state index in [0.29, 0.717) is 6.67 Å². The molecule has 1 aliphatic rings. The van der Waals surface area contributed by atoms with Crippen LogP contribution >= 0.6 is 0 Å². The molecule has 1 aliphatic heterocycles. The largest absolute Gasteiger partial charge is 0.265 e. The van der Waals surface area contributed by atoms with E-state index in [9.17, 15) is 0 Å². The van der Waals surface area contributed by atoms with Gasteiger partial charge in [-0.15, -0.1) is 0 Å². The van der Waals surface area contributed by atoms with Gasteiger partial charge in [0.05, 0.1) is 5.69 Å². The van der Waals surface area contributed by atoms with Gasteiger partial charge in [0.25, 0.3) is 0 Å². The zero-order valence-electron chi connectivity index (χ0n) is 10.6. The number of hydrogen-bond donors (Lipinski definition) is 0. The maximum atomic E-state index is 4.18. The minimum absolute atomic E-state index is 0.703. The lowest BCUT2D eigenvalue weighted by atomic mass is 10.2. The summed E-state index contributed by atoms with van der Waals surface area (Å²) in [5.74, 6) is 0. The Labute approximate surface area is 112 Å². The Morgan fingerprint density at radius 3 is 2.53 bits per heavy atom. The Hall–Kier alpha value is -2.43. The van der Waals surface area contributed by atoms with Gasteiger partial charge in [-0.2, -0.15) is 0 Å². The van der Waals surface area contributed by atoms with Gasteiger partial charge in [0.2, 0.25) is 0 Å². The molecular weight excluding hydrogens is 238 g/mol. The molecule has 96 valence electrons. The van der Waals surface area contributed by atoms with Crippen molar-refractivity contribution in [2.45, 2.75) is 6.42 Å². The van der Waals surface area contributed by atoms with Crippen molar-refractivity contribution in [2.24, 2.45) is 10.4 Å². The summed E-state index contributed by atoms with van der Waals surface area (Å²) in [6.45, 7) is 1.56. The summed E-state index contributed by atoms with van der Waals surface area (Å²) in [6.07, 6.45) is 4.58. The topological polar surface area (TPSA) is 44.1 Å². The lowest BCUT2D eigenvalue weighted by molar-refractivity contribution is 0.320. The predicted octanol–water partition coefficient (Wildman–Crippen LogP) is 2.69. The molecule has 2 aromatic rings. The van der Waals surface area contributed by atoms with E-state index >= 15 is 0 Å². The molecule has 0 spiro atoms. The van der Waals surface area contributed by atoms with Crippen LogP contribution in [0.3, 0.4) is 0 Å². The molecule has 0 saturated carbocycles. The molecule has 19 heavy (non-hydrogen) atoms. The van der Waals surface area contributed by atoms with Crippen molar-refractivity contribution in [3.8, 4) is 0 Å². The molecule has 0 amide bonds. The minimum Gasteiger partial charge on any atom is -0.265 e. The average Bonchev–Trinajstić information content (AvgIpc) is 2.96. The van der Waals surface area contributed by atoms with Crippen LogP contribution in [0.4, 0.5) is 5.69 Å². The number of pyridine rings is 1. The van der Waals surface area contributed by atoms with Gasteiger partial charge in [0.15, 0.2) is 0 Å². The maximum absolute atomic E-state index is 4.18. The first-order chi connectivity index (χ1) is 9.42. The fourth-order valence-electron chi connectivity index (χ4n) is 1.97. The average molecular weight is 253 g/mol. The molecule has 0 atom stereocenters. The van der Waals surface area contributed by atoms with Crippen molar-refractivity contribution in [1.29, 1.82) is 0 Å². The van der Waals surface area contributed by atoms with Crippen molar-refractivity contribution < 1.29 is 0 Å². The first-order valence-electron chi connectivity index (χ1n) is 6.30. The summed E-state index contributed by atoms with van der Waals surface area (Å²) >= 11 is 0.